The number of anilines is 1. The predicted molar refractivity (Wildman–Crippen MR) is 110 cm³/mol. The van der Waals surface area contributed by atoms with E-state index in [4.69, 9.17) is 9.47 Å². The molecule has 0 unspecified atom stereocenters. The van der Waals surface area contributed by atoms with Crippen molar-refractivity contribution in [3.8, 4) is 17.2 Å². The van der Waals surface area contributed by atoms with E-state index in [1.807, 2.05) is 60.8 Å². The van der Waals surface area contributed by atoms with Crippen LogP contribution in [-0.4, -0.2) is 35.9 Å². The number of hydrogen-bond acceptors (Lipinski definition) is 5. The Hall–Kier alpha value is -3.32. The van der Waals surface area contributed by atoms with Crippen molar-refractivity contribution in [2.24, 2.45) is 0 Å². The van der Waals surface area contributed by atoms with Gasteiger partial charge in [-0.1, -0.05) is 6.07 Å². The van der Waals surface area contributed by atoms with Crippen LogP contribution in [0, 0.1) is 0 Å². The molecule has 4 rings (SSSR count). The van der Waals surface area contributed by atoms with E-state index in [-0.39, 0.29) is 5.91 Å². The summed E-state index contributed by atoms with van der Waals surface area (Å²) in [7, 11) is 1.62. The number of carbonyl (C=O) groups excluding carboxylic acids is 1. The van der Waals surface area contributed by atoms with Gasteiger partial charge in [-0.25, -0.2) is 0 Å². The molecule has 1 saturated heterocycles. The van der Waals surface area contributed by atoms with E-state index in [2.05, 4.69) is 15.7 Å². The number of amides is 1. The molecule has 150 valence electrons. The van der Waals surface area contributed by atoms with E-state index in [1.54, 1.807) is 18.0 Å². The molecule has 7 heteroatoms. The molecule has 2 N–H and O–H groups in total. The van der Waals surface area contributed by atoms with E-state index in [0.717, 1.165) is 24.5 Å². The van der Waals surface area contributed by atoms with Gasteiger partial charge < -0.3 is 20.1 Å². The summed E-state index contributed by atoms with van der Waals surface area (Å²) in [5, 5.41) is 10.7. The molecule has 1 aliphatic rings. The van der Waals surface area contributed by atoms with E-state index in [0.29, 0.717) is 24.3 Å². The fourth-order valence-corrected chi connectivity index (χ4v) is 3.58. The van der Waals surface area contributed by atoms with Crippen molar-refractivity contribution in [2.75, 3.05) is 25.5 Å². The Morgan fingerprint density at radius 3 is 2.52 bits per heavy atom. The van der Waals surface area contributed by atoms with Gasteiger partial charge in [0.2, 0.25) is 0 Å². The summed E-state index contributed by atoms with van der Waals surface area (Å²) in [6, 6.07) is 16.6. The number of rotatable bonds is 6. The summed E-state index contributed by atoms with van der Waals surface area (Å²) >= 11 is 0. The first-order valence-corrected chi connectivity index (χ1v) is 9.64. The third-order valence-corrected chi connectivity index (χ3v) is 5.19. The van der Waals surface area contributed by atoms with Crippen LogP contribution < -0.4 is 20.1 Å². The summed E-state index contributed by atoms with van der Waals surface area (Å²) in [5.41, 5.74) is 0.0443. The zero-order valence-electron chi connectivity index (χ0n) is 16.3. The molecule has 0 atom stereocenters. The third-order valence-electron chi connectivity index (χ3n) is 5.19. The third kappa shape index (κ3) is 4.09. The molecule has 0 saturated carbocycles. The molecule has 2 aromatic carbocycles. The molecule has 3 aromatic rings. The van der Waals surface area contributed by atoms with Crippen molar-refractivity contribution >= 4 is 11.6 Å². The largest absolute Gasteiger partial charge is 0.497 e. The van der Waals surface area contributed by atoms with Gasteiger partial charge in [-0.3, -0.25) is 9.48 Å². The van der Waals surface area contributed by atoms with Gasteiger partial charge in [0.25, 0.3) is 5.91 Å². The normalized spacial score (nSPS) is 15.5. The molecular weight excluding hydrogens is 368 g/mol. The van der Waals surface area contributed by atoms with Crippen LogP contribution in [0.2, 0.25) is 0 Å². The van der Waals surface area contributed by atoms with Gasteiger partial charge in [0.15, 0.2) is 0 Å². The predicted octanol–water partition coefficient (Wildman–Crippen LogP) is 3.40. The van der Waals surface area contributed by atoms with Crippen molar-refractivity contribution in [1.82, 2.24) is 15.1 Å². The molecule has 29 heavy (non-hydrogen) atoms. The highest BCUT2D eigenvalue weighted by Gasteiger charge is 2.42. The number of ether oxygens (including phenoxy) is 2. The number of benzene rings is 2. The number of hydrogen-bond donors (Lipinski definition) is 2. The Kier molecular flexibility index (Phi) is 5.48. The highest BCUT2D eigenvalue weighted by atomic mass is 16.5. The summed E-state index contributed by atoms with van der Waals surface area (Å²) < 4.78 is 12.9. The SMILES string of the molecule is COc1cccc(Oc2ccc(NC(=O)C3(n4cccn4)CCNCC3)cc2)c1. The monoisotopic (exact) mass is 392 g/mol. The van der Waals surface area contributed by atoms with E-state index >= 15 is 0 Å². The Morgan fingerprint density at radius 1 is 1.07 bits per heavy atom. The second kappa shape index (κ2) is 8.36. The first-order valence-electron chi connectivity index (χ1n) is 9.64. The topological polar surface area (TPSA) is 77.4 Å². The fraction of sp³-hybridized carbons (Fsp3) is 0.273. The fourth-order valence-electron chi connectivity index (χ4n) is 3.58. The van der Waals surface area contributed by atoms with Crippen molar-refractivity contribution in [3.05, 3.63) is 67.0 Å². The number of nitrogens with zero attached hydrogens (tertiary/aromatic N) is 2. The molecule has 2 heterocycles. The van der Waals surface area contributed by atoms with Gasteiger partial charge in [0.05, 0.1) is 7.11 Å². The van der Waals surface area contributed by atoms with Crippen molar-refractivity contribution < 1.29 is 14.3 Å². The Balaban J connectivity index is 1.47. The quantitative estimate of drug-likeness (QED) is 0.672. The molecule has 0 bridgehead atoms. The van der Waals surface area contributed by atoms with Gasteiger partial charge in [-0.15, -0.1) is 0 Å². The van der Waals surface area contributed by atoms with Crippen LogP contribution in [0.15, 0.2) is 67.0 Å². The van der Waals surface area contributed by atoms with E-state index < -0.39 is 5.54 Å². The van der Waals surface area contributed by atoms with Crippen LogP contribution in [0.5, 0.6) is 17.2 Å². The van der Waals surface area contributed by atoms with Crippen molar-refractivity contribution in [2.45, 2.75) is 18.4 Å². The molecule has 1 fully saturated rings. The van der Waals surface area contributed by atoms with Gasteiger partial charge in [0.1, 0.15) is 22.8 Å². The summed E-state index contributed by atoms with van der Waals surface area (Å²) in [6.45, 7) is 1.56. The molecule has 0 spiro atoms. The minimum Gasteiger partial charge on any atom is -0.497 e. The maximum absolute atomic E-state index is 13.2. The molecule has 1 aromatic heterocycles. The minimum atomic E-state index is -0.676. The summed E-state index contributed by atoms with van der Waals surface area (Å²) in [4.78, 5) is 13.2. The lowest BCUT2D eigenvalue weighted by Crippen LogP contribution is -2.52. The molecule has 0 radical (unpaired) electrons. The van der Waals surface area contributed by atoms with Crippen LogP contribution in [0.1, 0.15) is 12.8 Å². The van der Waals surface area contributed by atoms with Crippen LogP contribution >= 0.6 is 0 Å². The zero-order valence-corrected chi connectivity index (χ0v) is 16.3. The Morgan fingerprint density at radius 2 is 1.83 bits per heavy atom. The summed E-state index contributed by atoms with van der Waals surface area (Å²) in [6.07, 6.45) is 4.95. The average Bonchev–Trinajstić information content (AvgIpc) is 3.31. The lowest BCUT2D eigenvalue weighted by molar-refractivity contribution is -0.126. The Bertz CT molecular complexity index is 948. The lowest BCUT2D eigenvalue weighted by atomic mass is 9.87. The molecule has 7 nitrogen and oxygen atoms in total. The summed E-state index contributed by atoms with van der Waals surface area (Å²) in [5.74, 6) is 2.05. The van der Waals surface area contributed by atoms with Crippen molar-refractivity contribution in [3.63, 3.8) is 0 Å². The number of carbonyl (C=O) groups is 1. The Labute approximate surface area is 169 Å². The standard InChI is InChI=1S/C22H24N4O3/c1-28-19-4-2-5-20(16-19)29-18-8-6-17(7-9-18)25-21(27)22(10-13-23-14-11-22)26-15-3-12-24-26/h2-9,12,15-16,23H,10-11,13-14H2,1H3,(H,25,27). The van der Waals surface area contributed by atoms with Crippen LogP contribution in [-0.2, 0) is 10.3 Å². The second-order valence-corrected chi connectivity index (χ2v) is 6.99. The molecule has 0 aliphatic carbocycles. The van der Waals surface area contributed by atoms with Crippen molar-refractivity contribution in [1.29, 1.82) is 0 Å². The smallest absolute Gasteiger partial charge is 0.252 e. The van der Waals surface area contributed by atoms with E-state index in [1.165, 1.54) is 0 Å². The molecule has 1 amide bonds. The second-order valence-electron chi connectivity index (χ2n) is 6.99. The number of methoxy groups -OCH3 is 1. The first-order chi connectivity index (χ1) is 14.2. The molecular formula is C22H24N4O3. The first kappa shape index (κ1) is 19.0. The van der Waals surface area contributed by atoms with Gasteiger partial charge in [-0.05, 0) is 68.4 Å². The highest BCUT2D eigenvalue weighted by molar-refractivity contribution is 5.96. The minimum absolute atomic E-state index is 0.0517. The number of piperidine rings is 1. The van der Waals surface area contributed by atoms with Gasteiger partial charge in [0, 0.05) is 24.1 Å². The van der Waals surface area contributed by atoms with Crippen LogP contribution in [0.3, 0.4) is 0 Å². The van der Waals surface area contributed by atoms with Gasteiger partial charge >= 0.3 is 0 Å². The lowest BCUT2D eigenvalue weighted by Gasteiger charge is -2.36. The van der Waals surface area contributed by atoms with Gasteiger partial charge in [-0.2, -0.15) is 5.10 Å². The zero-order chi connectivity index (χ0) is 20.1. The average molecular weight is 392 g/mol. The highest BCUT2D eigenvalue weighted by Crippen LogP contribution is 2.30. The molecule has 1 aliphatic heterocycles. The maximum atomic E-state index is 13.2. The van der Waals surface area contributed by atoms with E-state index in [9.17, 15) is 4.79 Å². The van der Waals surface area contributed by atoms with Crippen LogP contribution in [0.4, 0.5) is 5.69 Å². The van der Waals surface area contributed by atoms with Crippen LogP contribution in [0.25, 0.3) is 0 Å². The number of nitrogens with one attached hydrogen (secondary N) is 2. The maximum Gasteiger partial charge on any atom is 0.252 e. The number of aromatic nitrogens is 2.